The zero-order chi connectivity index (χ0) is 19.3. The number of amides is 1. The summed E-state index contributed by atoms with van der Waals surface area (Å²) in [4.78, 5) is 15.2. The lowest BCUT2D eigenvalue weighted by molar-refractivity contribution is -0.0670. The van der Waals surface area contributed by atoms with Crippen LogP contribution in [-0.2, 0) is 14.8 Å². The number of rotatable bonds is 3. The van der Waals surface area contributed by atoms with Gasteiger partial charge in [-0.25, -0.2) is 16.8 Å². The maximum atomic E-state index is 13.7. The Kier molecular flexibility index (Phi) is 4.48. The van der Waals surface area contributed by atoms with Crippen molar-refractivity contribution >= 4 is 26.8 Å². The van der Waals surface area contributed by atoms with E-state index in [0.29, 0.717) is 13.2 Å². The first-order valence-corrected chi connectivity index (χ1v) is 10.7. The molecule has 3 heterocycles. The number of ether oxygens (including phenoxy) is 1. The van der Waals surface area contributed by atoms with Crippen LogP contribution in [0.4, 0.5) is 4.39 Å². The van der Waals surface area contributed by atoms with Gasteiger partial charge in [0.2, 0.25) is 10.0 Å². The smallest absolute Gasteiger partial charge is 0.253 e. The third-order valence-electron chi connectivity index (χ3n) is 5.56. The van der Waals surface area contributed by atoms with Gasteiger partial charge in [0, 0.05) is 29.7 Å². The summed E-state index contributed by atoms with van der Waals surface area (Å²) in [6.07, 6.45) is 3.85. The van der Waals surface area contributed by atoms with Crippen LogP contribution in [0.5, 0.6) is 0 Å². The first-order chi connectivity index (χ1) is 12.7. The van der Waals surface area contributed by atoms with Crippen molar-refractivity contribution in [1.82, 2.24) is 14.2 Å². The Morgan fingerprint density at radius 3 is 2.56 bits per heavy atom. The summed E-state index contributed by atoms with van der Waals surface area (Å²) in [5, 5.41) is 3.30. The first kappa shape index (κ1) is 18.4. The molecule has 0 spiro atoms. The van der Waals surface area contributed by atoms with Gasteiger partial charge in [0.25, 0.3) is 5.91 Å². The lowest BCUT2D eigenvalue weighted by Crippen LogP contribution is -2.59. The fourth-order valence-electron chi connectivity index (χ4n) is 4.10. The van der Waals surface area contributed by atoms with Crippen molar-refractivity contribution in [3.05, 3.63) is 35.8 Å². The van der Waals surface area contributed by atoms with Crippen molar-refractivity contribution in [2.24, 2.45) is 0 Å². The number of nitrogens with zero attached hydrogens (tertiary/aromatic N) is 2. The molecule has 1 N–H and O–H groups in total. The van der Waals surface area contributed by atoms with Gasteiger partial charge in [0.1, 0.15) is 5.82 Å². The van der Waals surface area contributed by atoms with Gasteiger partial charge in [-0.2, -0.15) is 0 Å². The molecule has 2 aromatic rings. The zero-order valence-electron chi connectivity index (χ0n) is 15.2. The minimum Gasteiger partial charge on any atom is -0.378 e. The molecule has 2 bridgehead atoms. The third kappa shape index (κ3) is 3.35. The van der Waals surface area contributed by atoms with Crippen molar-refractivity contribution in [3.63, 3.8) is 0 Å². The highest BCUT2D eigenvalue weighted by Crippen LogP contribution is 2.28. The van der Waals surface area contributed by atoms with Crippen molar-refractivity contribution in [2.75, 3.05) is 26.5 Å². The number of likely N-dealkylation sites (N-methyl/N-ethyl adjacent to an activating group) is 1. The number of nitrogens with one attached hydrogen (secondary N) is 1. The molecule has 2 aliphatic heterocycles. The van der Waals surface area contributed by atoms with Crippen molar-refractivity contribution < 1.29 is 22.3 Å². The van der Waals surface area contributed by atoms with E-state index in [4.69, 9.17) is 4.74 Å². The van der Waals surface area contributed by atoms with E-state index in [0.717, 1.165) is 23.1 Å². The van der Waals surface area contributed by atoms with Crippen LogP contribution in [0.3, 0.4) is 0 Å². The van der Waals surface area contributed by atoms with E-state index < -0.39 is 15.8 Å². The Balaban J connectivity index is 1.64. The lowest BCUT2D eigenvalue weighted by Gasteiger charge is -2.46. The van der Waals surface area contributed by atoms with Crippen LogP contribution in [0.1, 0.15) is 23.2 Å². The molecular formula is C18H22FN3O4S. The molecule has 1 aromatic carbocycles. The standard InChI is InChI=1S/C18H22FN3O4S/c1-21-13-6-12(7-14(21)10-26-9-13)20-18(23)16-8-22(27(2,24)25)17-4-3-11(19)5-15(16)17/h3-5,8,12-14H,6-7,9-10H2,1-2H3,(H,20,23). The lowest BCUT2D eigenvalue weighted by atomic mass is 9.90. The molecule has 2 unspecified atom stereocenters. The molecule has 9 heteroatoms. The number of hydrogen-bond acceptors (Lipinski definition) is 5. The summed E-state index contributed by atoms with van der Waals surface area (Å²) >= 11 is 0. The van der Waals surface area contributed by atoms with Crippen molar-refractivity contribution in [1.29, 1.82) is 0 Å². The predicted molar refractivity (Wildman–Crippen MR) is 98.8 cm³/mol. The second kappa shape index (κ2) is 6.57. The summed E-state index contributed by atoms with van der Waals surface area (Å²) in [5.74, 6) is -0.907. The number of carbonyl (C=O) groups is 1. The average molecular weight is 395 g/mol. The van der Waals surface area contributed by atoms with E-state index in [1.54, 1.807) is 0 Å². The molecule has 1 amide bonds. The van der Waals surface area contributed by atoms with Crippen LogP contribution in [-0.4, -0.2) is 67.8 Å². The summed E-state index contributed by atoms with van der Waals surface area (Å²) in [5.41, 5.74) is 0.452. The number of halogens is 1. The molecule has 27 heavy (non-hydrogen) atoms. The number of carbonyl (C=O) groups excluding carboxylic acids is 1. The zero-order valence-corrected chi connectivity index (χ0v) is 16.0. The molecule has 1 aromatic heterocycles. The average Bonchev–Trinajstić information content (AvgIpc) is 2.94. The van der Waals surface area contributed by atoms with E-state index in [2.05, 4.69) is 17.3 Å². The third-order valence-corrected chi connectivity index (χ3v) is 6.57. The van der Waals surface area contributed by atoms with Gasteiger partial charge < -0.3 is 10.1 Å². The van der Waals surface area contributed by atoms with Crippen LogP contribution < -0.4 is 5.32 Å². The van der Waals surface area contributed by atoms with Crippen LogP contribution in [0.25, 0.3) is 10.9 Å². The number of piperidine rings is 1. The Hall–Kier alpha value is -1.97. The molecule has 146 valence electrons. The topological polar surface area (TPSA) is 80.6 Å². The second-order valence-corrected chi connectivity index (χ2v) is 9.27. The number of benzene rings is 1. The fourth-order valence-corrected chi connectivity index (χ4v) is 4.92. The molecule has 2 fully saturated rings. The Labute approximate surface area is 157 Å². The van der Waals surface area contributed by atoms with E-state index >= 15 is 0 Å². The Morgan fingerprint density at radius 2 is 1.93 bits per heavy atom. The van der Waals surface area contributed by atoms with Crippen LogP contribution in [0.15, 0.2) is 24.4 Å². The van der Waals surface area contributed by atoms with Crippen LogP contribution >= 0.6 is 0 Å². The van der Waals surface area contributed by atoms with Gasteiger partial charge in [-0.15, -0.1) is 0 Å². The molecule has 0 saturated carbocycles. The molecule has 7 nitrogen and oxygen atoms in total. The van der Waals surface area contributed by atoms with Gasteiger partial charge in [-0.1, -0.05) is 0 Å². The molecule has 2 atom stereocenters. The van der Waals surface area contributed by atoms with Crippen molar-refractivity contribution in [2.45, 2.75) is 31.0 Å². The van der Waals surface area contributed by atoms with E-state index in [9.17, 15) is 17.6 Å². The monoisotopic (exact) mass is 395 g/mol. The normalized spacial score (nSPS) is 26.3. The fraction of sp³-hybridized carbons (Fsp3) is 0.500. The highest BCUT2D eigenvalue weighted by atomic mass is 32.2. The van der Waals surface area contributed by atoms with Gasteiger partial charge in [0.05, 0.1) is 30.5 Å². The Bertz CT molecular complexity index is 989. The molecule has 0 aliphatic carbocycles. The molecule has 2 aliphatic rings. The van der Waals surface area contributed by atoms with Crippen LogP contribution in [0.2, 0.25) is 0 Å². The minimum atomic E-state index is -3.62. The van der Waals surface area contributed by atoms with Gasteiger partial charge in [-0.3, -0.25) is 9.69 Å². The Morgan fingerprint density at radius 1 is 1.26 bits per heavy atom. The second-order valence-electron chi connectivity index (χ2n) is 7.42. The quantitative estimate of drug-likeness (QED) is 0.844. The minimum absolute atomic E-state index is 0.0298. The molecule has 2 saturated heterocycles. The number of aromatic nitrogens is 1. The SMILES string of the molecule is CN1C2COCC1CC(NC(=O)c1cn(S(C)(=O)=O)c3ccc(F)cc13)C2. The molecule has 4 rings (SSSR count). The number of fused-ring (bicyclic) bond motifs is 3. The summed E-state index contributed by atoms with van der Waals surface area (Å²) < 4.78 is 44.4. The molecule has 0 radical (unpaired) electrons. The highest BCUT2D eigenvalue weighted by Gasteiger charge is 2.37. The van der Waals surface area contributed by atoms with Crippen LogP contribution in [0, 0.1) is 5.82 Å². The summed E-state index contributed by atoms with van der Waals surface area (Å²) in [6.45, 7) is 1.27. The largest absolute Gasteiger partial charge is 0.378 e. The summed E-state index contributed by atoms with van der Waals surface area (Å²) in [6, 6.07) is 4.22. The predicted octanol–water partition coefficient (Wildman–Crippen LogP) is 1.18. The maximum absolute atomic E-state index is 13.7. The maximum Gasteiger partial charge on any atom is 0.253 e. The van der Waals surface area contributed by atoms with Gasteiger partial charge in [-0.05, 0) is 38.1 Å². The number of hydrogen-bond donors (Lipinski definition) is 1. The first-order valence-electron chi connectivity index (χ1n) is 8.85. The van der Waals surface area contributed by atoms with Crippen molar-refractivity contribution in [3.8, 4) is 0 Å². The highest BCUT2D eigenvalue weighted by molar-refractivity contribution is 7.89. The van der Waals surface area contributed by atoms with Gasteiger partial charge >= 0.3 is 0 Å². The molecular weight excluding hydrogens is 373 g/mol. The summed E-state index contributed by atoms with van der Waals surface area (Å²) in [7, 11) is -1.55. The van der Waals surface area contributed by atoms with E-state index in [1.165, 1.54) is 24.4 Å². The number of morpholine rings is 1. The van der Waals surface area contributed by atoms with E-state index in [1.807, 2.05) is 0 Å². The van der Waals surface area contributed by atoms with Gasteiger partial charge in [0.15, 0.2) is 0 Å². The van der Waals surface area contributed by atoms with E-state index in [-0.39, 0.29) is 40.5 Å².